The Morgan fingerprint density at radius 2 is 1.62 bits per heavy atom. The normalized spacial score (nSPS) is 11.1. The molecule has 6 heteroatoms. The molecule has 0 bridgehead atoms. The number of hydrogen-bond acceptors (Lipinski definition) is 3. The first-order chi connectivity index (χ1) is 11.7. The van der Waals surface area contributed by atoms with Crippen LogP contribution in [-0.4, -0.2) is 27.2 Å². The summed E-state index contributed by atoms with van der Waals surface area (Å²) in [4.78, 5) is 4.16. The zero-order valence-electron chi connectivity index (χ0n) is 14.1. The van der Waals surface area contributed by atoms with Crippen molar-refractivity contribution >= 4 is 5.96 Å². The molecule has 2 aromatic carbocycles. The molecule has 0 aromatic heterocycles. The summed E-state index contributed by atoms with van der Waals surface area (Å²) in [5.41, 5.74) is 1.88. The van der Waals surface area contributed by atoms with E-state index in [0.717, 1.165) is 11.1 Å². The lowest BCUT2D eigenvalue weighted by molar-refractivity contribution is 0.354. The Hall–Kier alpha value is -2.76. The van der Waals surface area contributed by atoms with Gasteiger partial charge < -0.3 is 20.1 Å². The maximum atomic E-state index is 13.2. The first kappa shape index (κ1) is 17.6. The lowest BCUT2D eigenvalue weighted by atomic mass is 10.2. The van der Waals surface area contributed by atoms with Gasteiger partial charge in [0.15, 0.2) is 17.5 Å². The fraction of sp³-hybridized carbons (Fsp3) is 0.278. The number of hydrogen-bond donors (Lipinski definition) is 2. The number of benzene rings is 2. The van der Waals surface area contributed by atoms with Crippen molar-refractivity contribution in [2.24, 2.45) is 4.99 Å². The molecule has 0 heterocycles. The van der Waals surface area contributed by atoms with Gasteiger partial charge in [-0.3, -0.25) is 4.99 Å². The molecule has 24 heavy (non-hydrogen) atoms. The molecule has 0 amide bonds. The molecular formula is C18H22FN3O2. The largest absolute Gasteiger partial charge is 0.493 e. The van der Waals surface area contributed by atoms with Crippen molar-refractivity contribution in [1.82, 2.24) is 10.6 Å². The topological polar surface area (TPSA) is 54.9 Å². The van der Waals surface area contributed by atoms with E-state index in [-0.39, 0.29) is 5.82 Å². The van der Waals surface area contributed by atoms with Gasteiger partial charge in [0.2, 0.25) is 0 Å². The predicted molar refractivity (Wildman–Crippen MR) is 93.0 cm³/mol. The van der Waals surface area contributed by atoms with Crippen LogP contribution in [0.15, 0.2) is 47.5 Å². The summed E-state index contributed by atoms with van der Waals surface area (Å²) in [6.07, 6.45) is 0. The number of ether oxygens (including phenoxy) is 2. The van der Waals surface area contributed by atoms with Crippen LogP contribution in [0.25, 0.3) is 0 Å². The second-order valence-corrected chi connectivity index (χ2v) is 5.10. The van der Waals surface area contributed by atoms with Crippen LogP contribution in [0.3, 0.4) is 0 Å². The molecule has 0 aliphatic rings. The van der Waals surface area contributed by atoms with Gasteiger partial charge in [-0.2, -0.15) is 0 Å². The summed E-state index contributed by atoms with van der Waals surface area (Å²) in [5.74, 6) is 1.76. The molecule has 2 rings (SSSR count). The van der Waals surface area contributed by atoms with Crippen LogP contribution >= 0.6 is 0 Å². The van der Waals surface area contributed by atoms with Gasteiger partial charge in [0, 0.05) is 20.1 Å². The Morgan fingerprint density at radius 1 is 0.958 bits per heavy atom. The van der Waals surface area contributed by atoms with Gasteiger partial charge >= 0.3 is 0 Å². The summed E-state index contributed by atoms with van der Waals surface area (Å²) in [5, 5.41) is 6.36. The van der Waals surface area contributed by atoms with E-state index >= 15 is 0 Å². The van der Waals surface area contributed by atoms with Gasteiger partial charge in [-0.1, -0.05) is 18.2 Å². The molecule has 0 fully saturated rings. The van der Waals surface area contributed by atoms with Crippen molar-refractivity contribution in [2.45, 2.75) is 13.1 Å². The second-order valence-electron chi connectivity index (χ2n) is 5.10. The molecular weight excluding hydrogens is 309 g/mol. The molecule has 128 valence electrons. The predicted octanol–water partition coefficient (Wildman–Crippen LogP) is 2.71. The van der Waals surface area contributed by atoms with E-state index < -0.39 is 0 Å². The van der Waals surface area contributed by atoms with E-state index in [2.05, 4.69) is 15.6 Å². The molecule has 5 nitrogen and oxygen atoms in total. The van der Waals surface area contributed by atoms with E-state index in [1.165, 1.54) is 12.1 Å². The molecule has 0 atom stereocenters. The SMILES string of the molecule is CN=C(NCc1cccc(F)c1)NCc1ccc(OC)c(OC)c1. The van der Waals surface area contributed by atoms with E-state index in [4.69, 9.17) is 9.47 Å². The van der Waals surface area contributed by atoms with E-state index in [0.29, 0.717) is 30.5 Å². The fourth-order valence-electron chi connectivity index (χ4n) is 2.23. The summed E-state index contributed by atoms with van der Waals surface area (Å²) in [6, 6.07) is 12.2. The van der Waals surface area contributed by atoms with Crippen molar-refractivity contribution in [3.05, 3.63) is 59.4 Å². The van der Waals surface area contributed by atoms with E-state index in [9.17, 15) is 4.39 Å². The van der Waals surface area contributed by atoms with Crippen molar-refractivity contribution < 1.29 is 13.9 Å². The number of methoxy groups -OCH3 is 2. The molecule has 0 aliphatic heterocycles. The Balaban J connectivity index is 1.92. The molecule has 0 aliphatic carbocycles. The molecule has 0 saturated carbocycles. The first-order valence-electron chi connectivity index (χ1n) is 7.56. The van der Waals surface area contributed by atoms with Gasteiger partial charge in [0.05, 0.1) is 14.2 Å². The molecule has 2 N–H and O–H groups in total. The zero-order valence-corrected chi connectivity index (χ0v) is 14.1. The third kappa shape index (κ3) is 4.87. The van der Waals surface area contributed by atoms with Crippen LogP contribution in [0.2, 0.25) is 0 Å². The van der Waals surface area contributed by atoms with Gasteiger partial charge in [-0.25, -0.2) is 4.39 Å². The van der Waals surface area contributed by atoms with Crippen molar-refractivity contribution in [3.8, 4) is 11.5 Å². The van der Waals surface area contributed by atoms with Crippen LogP contribution in [0.1, 0.15) is 11.1 Å². The summed E-state index contributed by atoms with van der Waals surface area (Å²) < 4.78 is 23.7. The van der Waals surface area contributed by atoms with Crippen molar-refractivity contribution in [1.29, 1.82) is 0 Å². The number of nitrogens with zero attached hydrogens (tertiary/aromatic N) is 1. The van der Waals surface area contributed by atoms with Crippen LogP contribution in [0, 0.1) is 5.82 Å². The second kappa shape index (κ2) is 8.76. The molecule has 0 spiro atoms. The molecule has 0 saturated heterocycles. The molecule has 0 radical (unpaired) electrons. The van der Waals surface area contributed by atoms with Crippen molar-refractivity contribution in [3.63, 3.8) is 0 Å². The molecule has 2 aromatic rings. The number of halogens is 1. The maximum Gasteiger partial charge on any atom is 0.191 e. The Labute approximate surface area is 141 Å². The third-order valence-corrected chi connectivity index (χ3v) is 3.48. The Morgan fingerprint density at radius 3 is 2.21 bits per heavy atom. The third-order valence-electron chi connectivity index (χ3n) is 3.48. The maximum absolute atomic E-state index is 13.2. The minimum absolute atomic E-state index is 0.248. The quantitative estimate of drug-likeness (QED) is 0.631. The highest BCUT2D eigenvalue weighted by Gasteiger charge is 2.05. The zero-order chi connectivity index (χ0) is 17.4. The first-order valence-corrected chi connectivity index (χ1v) is 7.56. The number of guanidine groups is 1. The summed E-state index contributed by atoms with van der Waals surface area (Å²) in [7, 11) is 4.90. The summed E-state index contributed by atoms with van der Waals surface area (Å²) >= 11 is 0. The van der Waals surface area contributed by atoms with Crippen molar-refractivity contribution in [2.75, 3.05) is 21.3 Å². The Bertz CT molecular complexity index is 704. The number of nitrogens with one attached hydrogen (secondary N) is 2. The highest BCUT2D eigenvalue weighted by atomic mass is 19.1. The lowest BCUT2D eigenvalue weighted by Gasteiger charge is -2.13. The van der Waals surface area contributed by atoms with Crippen LogP contribution in [-0.2, 0) is 13.1 Å². The minimum Gasteiger partial charge on any atom is -0.493 e. The number of rotatable bonds is 6. The number of aliphatic imine (C=N–C) groups is 1. The fourth-order valence-corrected chi connectivity index (χ4v) is 2.23. The highest BCUT2D eigenvalue weighted by molar-refractivity contribution is 5.79. The smallest absolute Gasteiger partial charge is 0.191 e. The monoisotopic (exact) mass is 331 g/mol. The van der Waals surface area contributed by atoms with Gasteiger partial charge in [0.1, 0.15) is 5.82 Å². The summed E-state index contributed by atoms with van der Waals surface area (Å²) in [6.45, 7) is 1.06. The average molecular weight is 331 g/mol. The van der Waals surface area contributed by atoms with Gasteiger partial charge in [0.25, 0.3) is 0 Å². The van der Waals surface area contributed by atoms with Crippen LogP contribution < -0.4 is 20.1 Å². The average Bonchev–Trinajstić information content (AvgIpc) is 2.61. The van der Waals surface area contributed by atoms with E-state index in [1.54, 1.807) is 27.3 Å². The molecule has 0 unspecified atom stereocenters. The van der Waals surface area contributed by atoms with E-state index in [1.807, 2.05) is 24.3 Å². The van der Waals surface area contributed by atoms with Gasteiger partial charge in [-0.05, 0) is 35.4 Å². The minimum atomic E-state index is -0.248. The van der Waals surface area contributed by atoms with Crippen LogP contribution in [0.4, 0.5) is 4.39 Å². The standard InChI is InChI=1S/C18H22FN3O2/c1-20-18(21-11-13-5-4-6-15(19)9-13)22-12-14-7-8-16(23-2)17(10-14)24-3/h4-10H,11-12H2,1-3H3,(H2,20,21,22). The Kier molecular flexibility index (Phi) is 6.42. The lowest BCUT2D eigenvalue weighted by Crippen LogP contribution is -2.36. The van der Waals surface area contributed by atoms with Gasteiger partial charge in [-0.15, -0.1) is 0 Å². The van der Waals surface area contributed by atoms with Crippen LogP contribution in [0.5, 0.6) is 11.5 Å². The highest BCUT2D eigenvalue weighted by Crippen LogP contribution is 2.27.